The number of hydrogen-bond donors (Lipinski definition) is 2. The first-order valence-electron chi connectivity index (χ1n) is 7.71. The van der Waals surface area contributed by atoms with Crippen LogP contribution in [0.15, 0.2) is 24.3 Å². The van der Waals surface area contributed by atoms with Gasteiger partial charge in [-0.1, -0.05) is 38.1 Å². The van der Waals surface area contributed by atoms with E-state index in [4.69, 9.17) is 10.5 Å². The molecule has 0 aliphatic carbocycles. The highest BCUT2D eigenvalue weighted by Crippen LogP contribution is 2.25. The van der Waals surface area contributed by atoms with Gasteiger partial charge in [-0.25, -0.2) is 0 Å². The lowest BCUT2D eigenvalue weighted by Gasteiger charge is -2.27. The molecule has 1 fully saturated rings. The predicted octanol–water partition coefficient (Wildman–Crippen LogP) is 2.97. The number of rotatable bonds is 6. The maximum absolute atomic E-state index is 5.93. The van der Waals surface area contributed by atoms with Crippen LogP contribution in [0.5, 0.6) is 0 Å². The molecule has 1 saturated heterocycles. The lowest BCUT2D eigenvalue weighted by molar-refractivity contribution is 0.0189. The fourth-order valence-electron chi connectivity index (χ4n) is 2.77. The third-order valence-corrected chi connectivity index (χ3v) is 4.26. The Morgan fingerprint density at radius 3 is 2.40 bits per heavy atom. The molecule has 1 heterocycles. The first kappa shape index (κ1) is 15.5. The molecule has 2 unspecified atom stereocenters. The van der Waals surface area contributed by atoms with E-state index in [1.807, 2.05) is 0 Å². The van der Waals surface area contributed by atoms with Gasteiger partial charge in [0.15, 0.2) is 0 Å². The Morgan fingerprint density at radius 2 is 1.90 bits per heavy atom. The molecule has 20 heavy (non-hydrogen) atoms. The zero-order chi connectivity index (χ0) is 14.6. The molecule has 3 nitrogen and oxygen atoms in total. The SMILES string of the molecule is CC(C)c1ccc(C(CN)NCC2(C)CCCO2)cc1. The van der Waals surface area contributed by atoms with Gasteiger partial charge in [0.2, 0.25) is 0 Å². The summed E-state index contributed by atoms with van der Waals surface area (Å²) in [7, 11) is 0. The van der Waals surface area contributed by atoms with Gasteiger partial charge < -0.3 is 15.8 Å². The van der Waals surface area contributed by atoms with Crippen molar-refractivity contribution in [2.75, 3.05) is 19.7 Å². The molecule has 1 aromatic rings. The molecule has 112 valence electrons. The van der Waals surface area contributed by atoms with Crippen LogP contribution < -0.4 is 11.1 Å². The summed E-state index contributed by atoms with van der Waals surface area (Å²) in [4.78, 5) is 0. The van der Waals surface area contributed by atoms with Crippen LogP contribution in [0.3, 0.4) is 0 Å². The van der Waals surface area contributed by atoms with Gasteiger partial charge in [-0.3, -0.25) is 0 Å². The highest BCUT2D eigenvalue weighted by Gasteiger charge is 2.30. The fourth-order valence-corrected chi connectivity index (χ4v) is 2.77. The lowest BCUT2D eigenvalue weighted by Crippen LogP contribution is -2.40. The standard InChI is InChI=1S/C17H28N2O/c1-13(2)14-5-7-15(8-6-14)16(11-18)19-12-17(3)9-4-10-20-17/h5-8,13,16,19H,4,9-12,18H2,1-3H3. The molecule has 1 aliphatic rings. The average molecular weight is 276 g/mol. The Morgan fingerprint density at radius 1 is 1.25 bits per heavy atom. The Balaban J connectivity index is 1.97. The summed E-state index contributed by atoms with van der Waals surface area (Å²) >= 11 is 0. The normalized spacial score (nSPS) is 24.2. The van der Waals surface area contributed by atoms with Crippen molar-refractivity contribution < 1.29 is 4.74 Å². The van der Waals surface area contributed by atoms with Gasteiger partial charge in [0.1, 0.15) is 0 Å². The van der Waals surface area contributed by atoms with Crippen molar-refractivity contribution in [3.05, 3.63) is 35.4 Å². The minimum absolute atomic E-state index is 0.0225. The van der Waals surface area contributed by atoms with E-state index in [1.54, 1.807) is 0 Å². The molecule has 0 saturated carbocycles. The summed E-state index contributed by atoms with van der Waals surface area (Å²) in [5, 5.41) is 3.57. The van der Waals surface area contributed by atoms with Crippen molar-refractivity contribution >= 4 is 0 Å². The number of ether oxygens (including phenoxy) is 1. The Labute approximate surface area is 122 Å². The van der Waals surface area contributed by atoms with Gasteiger partial charge >= 0.3 is 0 Å². The molecular formula is C17H28N2O. The molecule has 3 heteroatoms. The van der Waals surface area contributed by atoms with Gasteiger partial charge in [-0.2, -0.15) is 0 Å². The van der Waals surface area contributed by atoms with Crippen molar-refractivity contribution in [1.82, 2.24) is 5.32 Å². The smallest absolute Gasteiger partial charge is 0.0779 e. The number of nitrogens with two attached hydrogens (primary N) is 1. The zero-order valence-electron chi connectivity index (χ0n) is 13.0. The van der Waals surface area contributed by atoms with E-state index in [9.17, 15) is 0 Å². The number of benzene rings is 1. The first-order chi connectivity index (χ1) is 9.54. The molecule has 1 aliphatic heterocycles. The third kappa shape index (κ3) is 3.81. The van der Waals surface area contributed by atoms with E-state index in [1.165, 1.54) is 11.1 Å². The second kappa shape index (κ2) is 6.70. The van der Waals surface area contributed by atoms with E-state index in [0.717, 1.165) is 26.0 Å². The van der Waals surface area contributed by atoms with E-state index in [2.05, 4.69) is 50.4 Å². The van der Waals surface area contributed by atoms with Crippen LogP contribution in [-0.4, -0.2) is 25.3 Å². The molecule has 2 atom stereocenters. The summed E-state index contributed by atoms with van der Waals surface area (Å²) < 4.78 is 5.82. The number of nitrogens with one attached hydrogen (secondary N) is 1. The quantitative estimate of drug-likeness (QED) is 0.839. The summed E-state index contributed by atoms with van der Waals surface area (Å²) in [6.07, 6.45) is 2.29. The Kier molecular flexibility index (Phi) is 5.19. The van der Waals surface area contributed by atoms with Gasteiger partial charge in [0.05, 0.1) is 5.60 Å². The van der Waals surface area contributed by atoms with Crippen LogP contribution in [0.4, 0.5) is 0 Å². The maximum Gasteiger partial charge on any atom is 0.0779 e. The second-order valence-electron chi connectivity index (χ2n) is 6.39. The Bertz CT molecular complexity index is 408. The lowest BCUT2D eigenvalue weighted by atomic mass is 9.98. The van der Waals surface area contributed by atoms with Crippen LogP contribution in [0.25, 0.3) is 0 Å². The van der Waals surface area contributed by atoms with Crippen molar-refractivity contribution in [2.24, 2.45) is 5.73 Å². The summed E-state index contributed by atoms with van der Waals surface area (Å²) in [6, 6.07) is 9.00. The van der Waals surface area contributed by atoms with E-state index >= 15 is 0 Å². The molecule has 0 bridgehead atoms. The predicted molar refractivity (Wildman–Crippen MR) is 83.9 cm³/mol. The largest absolute Gasteiger partial charge is 0.374 e. The van der Waals surface area contributed by atoms with Gasteiger partial charge in [0, 0.05) is 25.7 Å². The van der Waals surface area contributed by atoms with Crippen LogP contribution in [0.2, 0.25) is 0 Å². The third-order valence-electron chi connectivity index (χ3n) is 4.26. The van der Waals surface area contributed by atoms with Gasteiger partial charge in [-0.15, -0.1) is 0 Å². The van der Waals surface area contributed by atoms with E-state index in [0.29, 0.717) is 12.5 Å². The zero-order valence-corrected chi connectivity index (χ0v) is 13.0. The summed E-state index contributed by atoms with van der Waals surface area (Å²) in [6.45, 7) is 8.97. The fraction of sp³-hybridized carbons (Fsp3) is 0.647. The minimum Gasteiger partial charge on any atom is -0.374 e. The highest BCUT2D eigenvalue weighted by molar-refractivity contribution is 5.27. The molecule has 0 aromatic heterocycles. The monoisotopic (exact) mass is 276 g/mol. The van der Waals surface area contributed by atoms with Crippen molar-refractivity contribution in [2.45, 2.75) is 51.2 Å². The van der Waals surface area contributed by atoms with Crippen LogP contribution >= 0.6 is 0 Å². The molecule has 0 amide bonds. The van der Waals surface area contributed by atoms with Crippen molar-refractivity contribution in [3.8, 4) is 0 Å². The Hall–Kier alpha value is -0.900. The van der Waals surface area contributed by atoms with Crippen LogP contribution in [0.1, 0.15) is 56.7 Å². The van der Waals surface area contributed by atoms with E-state index in [-0.39, 0.29) is 11.6 Å². The molecular weight excluding hydrogens is 248 g/mol. The van der Waals surface area contributed by atoms with E-state index < -0.39 is 0 Å². The molecule has 0 radical (unpaired) electrons. The minimum atomic E-state index is -0.0225. The second-order valence-corrected chi connectivity index (χ2v) is 6.39. The average Bonchev–Trinajstić information content (AvgIpc) is 2.87. The van der Waals surface area contributed by atoms with Gasteiger partial charge in [0.25, 0.3) is 0 Å². The van der Waals surface area contributed by atoms with Crippen LogP contribution in [-0.2, 0) is 4.74 Å². The molecule has 2 rings (SSSR count). The van der Waals surface area contributed by atoms with Gasteiger partial charge in [-0.05, 0) is 36.8 Å². The number of hydrogen-bond acceptors (Lipinski definition) is 3. The maximum atomic E-state index is 5.93. The van der Waals surface area contributed by atoms with Crippen molar-refractivity contribution in [1.29, 1.82) is 0 Å². The molecule has 3 N–H and O–H groups in total. The topological polar surface area (TPSA) is 47.3 Å². The first-order valence-corrected chi connectivity index (χ1v) is 7.71. The highest BCUT2D eigenvalue weighted by atomic mass is 16.5. The molecule has 1 aromatic carbocycles. The molecule has 0 spiro atoms. The summed E-state index contributed by atoms with van der Waals surface area (Å²) in [5.41, 5.74) is 8.54. The summed E-state index contributed by atoms with van der Waals surface area (Å²) in [5.74, 6) is 0.569. The van der Waals surface area contributed by atoms with Crippen LogP contribution in [0, 0.1) is 0 Å². The van der Waals surface area contributed by atoms with Crippen molar-refractivity contribution in [3.63, 3.8) is 0 Å².